The molecule has 0 aromatic heterocycles. The van der Waals surface area contributed by atoms with Crippen LogP contribution >= 0.6 is 0 Å². The molecule has 0 saturated heterocycles. The maximum absolute atomic E-state index is 12.5. The summed E-state index contributed by atoms with van der Waals surface area (Å²) in [6.07, 6.45) is 0.359. The van der Waals surface area contributed by atoms with Crippen LogP contribution in [0.25, 0.3) is 0 Å². The van der Waals surface area contributed by atoms with Crippen molar-refractivity contribution >= 4 is 29.3 Å². The van der Waals surface area contributed by atoms with Crippen LogP contribution in [0.15, 0.2) is 52.7 Å². The molecule has 1 N–H and O–H groups in total. The Morgan fingerprint density at radius 1 is 1.21 bits per heavy atom. The number of aldehydes is 1. The van der Waals surface area contributed by atoms with E-state index >= 15 is 0 Å². The smallest absolute Gasteiger partial charge is 0.273 e. The number of para-hydroxylation sites is 2. The van der Waals surface area contributed by atoms with Crippen molar-refractivity contribution in [3.63, 3.8) is 0 Å². The first kappa shape index (κ1) is 20.5. The number of azo groups is 1. The number of anilines is 1. The van der Waals surface area contributed by atoms with Crippen LogP contribution in [0.5, 0.6) is 11.5 Å². The van der Waals surface area contributed by atoms with Crippen LogP contribution in [0.3, 0.4) is 0 Å². The van der Waals surface area contributed by atoms with E-state index in [0.29, 0.717) is 17.7 Å². The molecule has 0 bridgehead atoms. The highest BCUT2D eigenvalue weighted by molar-refractivity contribution is 5.97. The lowest BCUT2D eigenvalue weighted by molar-refractivity contribution is -0.384. The van der Waals surface area contributed by atoms with E-state index in [1.807, 2.05) is 0 Å². The molecule has 2 rings (SSSR count). The second kappa shape index (κ2) is 9.76. The van der Waals surface area contributed by atoms with Crippen LogP contribution in [-0.2, 0) is 9.59 Å². The molecule has 2 aromatic rings. The van der Waals surface area contributed by atoms with E-state index in [2.05, 4.69) is 15.5 Å². The molecular weight excluding hydrogens is 368 g/mol. The van der Waals surface area contributed by atoms with Crippen molar-refractivity contribution in [2.75, 3.05) is 19.5 Å². The van der Waals surface area contributed by atoms with Crippen molar-refractivity contribution in [3.8, 4) is 11.5 Å². The monoisotopic (exact) mass is 386 g/mol. The van der Waals surface area contributed by atoms with Crippen molar-refractivity contribution in [2.24, 2.45) is 10.2 Å². The molecule has 0 aliphatic heterocycles. The number of carbonyl (C=O) groups excluding carboxylic acids is 2. The summed E-state index contributed by atoms with van der Waals surface area (Å²) < 4.78 is 10.2. The summed E-state index contributed by atoms with van der Waals surface area (Å²) >= 11 is 0. The Balaban J connectivity index is 2.23. The Morgan fingerprint density at radius 2 is 1.93 bits per heavy atom. The summed E-state index contributed by atoms with van der Waals surface area (Å²) in [6, 6.07) is 9.46. The van der Waals surface area contributed by atoms with E-state index in [1.54, 1.807) is 24.3 Å². The zero-order chi connectivity index (χ0) is 20.5. The molecule has 0 aliphatic rings. The standard InChI is InChI=1S/C18H18N4O6/c1-27-16-6-4-3-5-13(16)19-18(24)15(9-10-23)21-20-14-8-7-12(22(25)26)11-17(14)28-2/h3-8,10-11,15H,9H2,1-2H3,(H,19,24). The van der Waals surface area contributed by atoms with Crippen molar-refractivity contribution in [2.45, 2.75) is 12.5 Å². The number of nitro groups is 1. The average Bonchev–Trinajstić information content (AvgIpc) is 2.71. The van der Waals surface area contributed by atoms with Gasteiger partial charge < -0.3 is 19.6 Å². The number of hydrogen-bond donors (Lipinski definition) is 1. The Morgan fingerprint density at radius 3 is 2.57 bits per heavy atom. The first-order valence-electron chi connectivity index (χ1n) is 8.11. The topological polar surface area (TPSA) is 132 Å². The summed E-state index contributed by atoms with van der Waals surface area (Å²) in [7, 11) is 2.80. The largest absolute Gasteiger partial charge is 0.495 e. The van der Waals surface area contributed by atoms with Gasteiger partial charge in [-0.05, 0) is 18.2 Å². The SMILES string of the molecule is COc1cc([N+](=O)[O-])ccc1N=NC(CC=O)C(=O)Nc1ccccc1OC. The average molecular weight is 386 g/mol. The molecule has 1 amide bonds. The minimum absolute atomic E-state index is 0.118. The lowest BCUT2D eigenvalue weighted by atomic mass is 10.2. The second-order valence-electron chi connectivity index (χ2n) is 5.44. The van der Waals surface area contributed by atoms with Crippen molar-refractivity contribution < 1.29 is 24.0 Å². The second-order valence-corrected chi connectivity index (χ2v) is 5.44. The van der Waals surface area contributed by atoms with Crippen LogP contribution in [-0.4, -0.2) is 37.4 Å². The summed E-state index contributed by atoms with van der Waals surface area (Å²) in [5.41, 5.74) is 0.442. The van der Waals surface area contributed by atoms with Gasteiger partial charge in [-0.2, -0.15) is 10.2 Å². The molecular formula is C18H18N4O6. The lowest BCUT2D eigenvalue weighted by Crippen LogP contribution is -2.26. The van der Waals surface area contributed by atoms with Gasteiger partial charge in [-0.1, -0.05) is 12.1 Å². The molecule has 1 atom stereocenters. The molecule has 0 fully saturated rings. The number of hydrogen-bond acceptors (Lipinski definition) is 8. The van der Waals surface area contributed by atoms with Crippen LogP contribution in [0.2, 0.25) is 0 Å². The van der Waals surface area contributed by atoms with Gasteiger partial charge in [-0.25, -0.2) is 0 Å². The molecule has 0 aliphatic carbocycles. The van der Waals surface area contributed by atoms with E-state index in [4.69, 9.17) is 9.47 Å². The van der Waals surface area contributed by atoms with E-state index in [0.717, 1.165) is 0 Å². The van der Waals surface area contributed by atoms with Gasteiger partial charge >= 0.3 is 0 Å². The van der Waals surface area contributed by atoms with E-state index in [1.165, 1.54) is 32.4 Å². The van der Waals surface area contributed by atoms with Crippen LogP contribution in [0.4, 0.5) is 17.1 Å². The highest BCUT2D eigenvalue weighted by atomic mass is 16.6. The molecule has 1 unspecified atom stereocenters. The van der Waals surface area contributed by atoms with Gasteiger partial charge in [0.2, 0.25) is 0 Å². The number of carbonyl (C=O) groups is 2. The number of nitrogens with zero attached hydrogens (tertiary/aromatic N) is 3. The number of benzene rings is 2. The normalized spacial score (nSPS) is 11.6. The lowest BCUT2D eigenvalue weighted by Gasteiger charge is -2.12. The van der Waals surface area contributed by atoms with E-state index in [-0.39, 0.29) is 23.5 Å². The fourth-order valence-corrected chi connectivity index (χ4v) is 2.26. The predicted octanol–water partition coefficient (Wildman–Crippen LogP) is 3.29. The Bertz CT molecular complexity index is 899. The number of non-ortho nitro benzene ring substituents is 1. The van der Waals surface area contributed by atoms with Gasteiger partial charge in [0, 0.05) is 12.5 Å². The minimum atomic E-state index is -1.10. The van der Waals surface area contributed by atoms with E-state index < -0.39 is 16.9 Å². The van der Waals surface area contributed by atoms with Crippen molar-refractivity contribution in [1.29, 1.82) is 0 Å². The van der Waals surface area contributed by atoms with Gasteiger partial charge in [-0.15, -0.1) is 0 Å². The molecule has 10 heteroatoms. The summed E-state index contributed by atoms with van der Waals surface area (Å²) in [5.74, 6) is 0.0175. The predicted molar refractivity (Wildman–Crippen MR) is 100 cm³/mol. The molecule has 28 heavy (non-hydrogen) atoms. The maximum atomic E-state index is 12.5. The molecule has 146 valence electrons. The quantitative estimate of drug-likeness (QED) is 0.304. The summed E-state index contributed by atoms with van der Waals surface area (Å²) in [6.45, 7) is 0. The number of rotatable bonds is 9. The third kappa shape index (κ3) is 5.10. The van der Waals surface area contributed by atoms with Crippen molar-refractivity contribution in [3.05, 3.63) is 52.6 Å². The third-order valence-electron chi connectivity index (χ3n) is 3.67. The van der Waals surface area contributed by atoms with Crippen LogP contribution in [0, 0.1) is 10.1 Å². The Kier molecular flexibility index (Phi) is 7.14. The number of amides is 1. The van der Waals surface area contributed by atoms with E-state index in [9.17, 15) is 19.7 Å². The number of nitro benzene ring substituents is 1. The first-order valence-corrected chi connectivity index (χ1v) is 8.11. The minimum Gasteiger partial charge on any atom is -0.495 e. The Labute approximate surface area is 160 Å². The zero-order valence-electron chi connectivity index (χ0n) is 15.2. The molecule has 0 spiro atoms. The number of methoxy groups -OCH3 is 2. The molecule has 0 heterocycles. The highest BCUT2D eigenvalue weighted by Crippen LogP contribution is 2.32. The van der Waals surface area contributed by atoms with Crippen LogP contribution < -0.4 is 14.8 Å². The molecule has 0 saturated carbocycles. The first-order chi connectivity index (χ1) is 13.5. The number of ether oxygens (including phenoxy) is 2. The van der Waals surface area contributed by atoms with Gasteiger partial charge in [0.15, 0.2) is 11.8 Å². The Hall–Kier alpha value is -3.82. The number of nitrogens with one attached hydrogen (secondary N) is 1. The fraction of sp³-hybridized carbons (Fsp3) is 0.222. The summed E-state index contributed by atoms with van der Waals surface area (Å²) in [4.78, 5) is 33.7. The summed E-state index contributed by atoms with van der Waals surface area (Å²) in [5, 5.41) is 21.3. The van der Waals surface area contributed by atoms with Gasteiger partial charge in [0.05, 0.1) is 30.9 Å². The van der Waals surface area contributed by atoms with Gasteiger partial charge in [-0.3, -0.25) is 14.9 Å². The highest BCUT2D eigenvalue weighted by Gasteiger charge is 2.20. The zero-order valence-corrected chi connectivity index (χ0v) is 15.2. The van der Waals surface area contributed by atoms with Gasteiger partial charge in [0.1, 0.15) is 17.7 Å². The van der Waals surface area contributed by atoms with Crippen LogP contribution in [0.1, 0.15) is 6.42 Å². The molecule has 0 radical (unpaired) electrons. The third-order valence-corrected chi connectivity index (χ3v) is 3.67. The molecule has 2 aromatic carbocycles. The molecule has 10 nitrogen and oxygen atoms in total. The van der Waals surface area contributed by atoms with Crippen molar-refractivity contribution in [1.82, 2.24) is 0 Å². The maximum Gasteiger partial charge on any atom is 0.273 e. The van der Waals surface area contributed by atoms with Gasteiger partial charge in [0.25, 0.3) is 11.6 Å². The fourth-order valence-electron chi connectivity index (χ4n) is 2.26.